The van der Waals surface area contributed by atoms with Crippen molar-refractivity contribution in [1.82, 2.24) is 15.0 Å². The van der Waals surface area contributed by atoms with Gasteiger partial charge in [0.2, 0.25) is 17.8 Å². The monoisotopic (exact) mass is 1340 g/mol. The van der Waals surface area contributed by atoms with Crippen molar-refractivity contribution in [2.24, 2.45) is 0 Å². The molecule has 27 nitrogen and oxygen atoms in total. The summed E-state index contributed by atoms with van der Waals surface area (Å²) in [6.07, 6.45) is 5.08. The van der Waals surface area contributed by atoms with E-state index < -0.39 is 53.5 Å². The number of nitrogen functional groups attached to an aromatic ring is 2. The second kappa shape index (κ2) is 41.4. The number of aromatic carboxylic acids is 3. The summed E-state index contributed by atoms with van der Waals surface area (Å²) in [6, 6.07) is 23.3. The molecule has 29 heteroatoms. The van der Waals surface area contributed by atoms with Gasteiger partial charge >= 0.3 is 47.7 Å². The highest BCUT2D eigenvalue weighted by Gasteiger charge is 2.23. The van der Waals surface area contributed by atoms with Crippen molar-refractivity contribution in [2.75, 3.05) is 38.1 Å². The predicted octanol–water partition coefficient (Wildman–Crippen LogP) is 8.06. The number of hydrogen-bond donors (Lipinski definition) is 11. The largest absolute Gasteiger partial charge is 0.478 e. The average molecular weight is 1340 g/mol. The smallest absolute Gasteiger partial charge is 0.411 e. The zero-order valence-corrected chi connectivity index (χ0v) is 53.5. The van der Waals surface area contributed by atoms with Crippen LogP contribution in [0.25, 0.3) is 22.4 Å². The van der Waals surface area contributed by atoms with Crippen LogP contribution >= 0.6 is 0 Å². The third kappa shape index (κ3) is 23.4. The van der Waals surface area contributed by atoms with Crippen molar-refractivity contribution < 1.29 is 107 Å². The Morgan fingerprint density at radius 1 is 0.531 bits per heavy atom. The maximum absolute atomic E-state index is 13.7. The minimum absolute atomic E-state index is 0.0222. The number of aromatic nitrogens is 3. The van der Waals surface area contributed by atoms with Crippen molar-refractivity contribution in [2.45, 2.75) is 99.8 Å². The van der Waals surface area contributed by atoms with Crippen LogP contribution in [0.4, 0.5) is 30.6 Å². The molecule has 8 aromatic rings. The van der Waals surface area contributed by atoms with Crippen LogP contribution in [0.1, 0.15) is 142 Å². The Morgan fingerprint density at radius 2 is 0.948 bits per heavy atom. The van der Waals surface area contributed by atoms with E-state index in [0.717, 1.165) is 5.56 Å². The summed E-state index contributed by atoms with van der Waals surface area (Å²) in [5.74, 6) is -5.80. The zero-order valence-electron chi connectivity index (χ0n) is 53.5. The van der Waals surface area contributed by atoms with Gasteiger partial charge in [-0.1, -0.05) is 71.0 Å². The van der Waals surface area contributed by atoms with Crippen molar-refractivity contribution >= 4 is 70.1 Å². The quantitative estimate of drug-likeness (QED) is 0.0178. The SMILES string of the molecule is CCc1cc(CO)cc(C(=O)O)c1C(=O)OC.CCc1cc(CO)cc(N)c1C(=O)O.CCc1cc(CO)cc(N)c1C(=O)O.CCc1cc(CO)cc(NC(=O)OC)c1C(=O)OC.CCc1cc(CO)cc2nc(-c3cccnc3F)oc(=O)c12.Fc1ccccn1.O=C=O. The third-order valence-electron chi connectivity index (χ3n) is 13.3. The number of benzene rings is 5. The van der Waals surface area contributed by atoms with Gasteiger partial charge in [-0.3, -0.25) is 5.32 Å². The summed E-state index contributed by atoms with van der Waals surface area (Å²) < 4.78 is 44.5. The molecule has 1 amide bonds. The molecule has 5 aromatic carbocycles. The number of aliphatic hydroxyl groups is 5. The first-order chi connectivity index (χ1) is 45.7. The fourth-order valence-electron chi connectivity index (χ4n) is 8.96. The number of nitrogens with zero attached hydrogens (tertiary/aromatic N) is 3. The number of hydrogen-bond acceptors (Lipinski definition) is 23. The van der Waals surface area contributed by atoms with Crippen LogP contribution < -0.4 is 22.4 Å². The van der Waals surface area contributed by atoms with Crippen LogP contribution in [0.5, 0.6) is 0 Å². The van der Waals surface area contributed by atoms with Crippen molar-refractivity contribution in [3.8, 4) is 11.5 Å². The first kappa shape index (κ1) is 80.9. The fourth-order valence-corrected chi connectivity index (χ4v) is 8.96. The minimum atomic E-state index is -1.21. The van der Waals surface area contributed by atoms with E-state index in [9.17, 15) is 52.6 Å². The van der Waals surface area contributed by atoms with Crippen molar-refractivity contribution in [3.05, 3.63) is 209 Å². The van der Waals surface area contributed by atoms with Crippen LogP contribution in [0, 0.1) is 11.9 Å². The molecule has 0 aliphatic heterocycles. The van der Waals surface area contributed by atoms with Gasteiger partial charge in [0.1, 0.15) is 0 Å². The van der Waals surface area contributed by atoms with Crippen LogP contribution in [0.15, 0.2) is 113 Å². The maximum atomic E-state index is 13.7. The molecule has 0 saturated carbocycles. The molecule has 8 rings (SSSR count). The lowest BCUT2D eigenvalue weighted by Crippen LogP contribution is -2.17. The Morgan fingerprint density at radius 3 is 1.33 bits per heavy atom. The summed E-state index contributed by atoms with van der Waals surface area (Å²) in [5, 5.41) is 75.0. The van der Waals surface area contributed by atoms with E-state index in [-0.39, 0.29) is 95.5 Å². The molecule has 0 unspecified atom stereocenters. The predicted molar refractivity (Wildman–Crippen MR) is 343 cm³/mol. The van der Waals surface area contributed by atoms with E-state index in [2.05, 4.69) is 29.7 Å². The van der Waals surface area contributed by atoms with E-state index in [1.165, 1.54) is 76.2 Å². The van der Waals surface area contributed by atoms with Crippen molar-refractivity contribution in [1.29, 1.82) is 0 Å². The average Bonchev–Trinajstić information content (AvgIpc) is 0.791. The second-order valence-electron chi connectivity index (χ2n) is 19.4. The van der Waals surface area contributed by atoms with Gasteiger partial charge in [0, 0.05) is 23.8 Å². The summed E-state index contributed by atoms with van der Waals surface area (Å²) in [6.45, 7) is 8.38. The molecule has 13 N–H and O–H groups in total. The van der Waals surface area contributed by atoms with Gasteiger partial charge in [-0.05, 0) is 142 Å². The Bertz CT molecular complexity index is 4000. The number of halogens is 2. The third-order valence-corrected chi connectivity index (χ3v) is 13.3. The zero-order chi connectivity index (χ0) is 72.4. The number of nitrogens with two attached hydrogens (primary N) is 2. The molecule has 0 spiro atoms. The van der Waals surface area contributed by atoms with Gasteiger partial charge in [-0.15, -0.1) is 0 Å². The van der Waals surface area contributed by atoms with Gasteiger partial charge in [-0.25, -0.2) is 48.5 Å². The van der Waals surface area contributed by atoms with Gasteiger partial charge in [0.25, 0.3) is 0 Å². The number of rotatable bonds is 17. The number of fused-ring (bicyclic) bond motifs is 1. The Hall–Kier alpha value is -11.2. The number of esters is 2. The van der Waals surface area contributed by atoms with Gasteiger partial charge < -0.3 is 70.9 Å². The second-order valence-corrected chi connectivity index (χ2v) is 19.4. The molecule has 512 valence electrons. The van der Waals surface area contributed by atoms with E-state index >= 15 is 0 Å². The molecule has 0 aliphatic carbocycles. The molecular formula is C67H74F2N6O21. The Balaban J connectivity index is 0.000000397. The van der Waals surface area contributed by atoms with E-state index in [1.807, 2.05) is 27.7 Å². The highest BCUT2D eigenvalue weighted by molar-refractivity contribution is 6.04. The van der Waals surface area contributed by atoms with E-state index in [4.69, 9.17) is 60.8 Å². The highest BCUT2D eigenvalue weighted by atomic mass is 19.1. The standard InChI is InChI=1S/C16H13FN2O3.C13H17NO5.C12H14O5.2C10H13NO3.C5H4FN.CO2/c1-2-10-6-9(8-20)7-12-13(10)16(21)22-15(19-12)11-4-3-5-18-14(11)17;1-4-9-5-8(7-15)6-10(14-13(17)19-3)11(9)12(16)18-2;1-3-8-4-7(6-13)5-9(11(14)15)10(8)12(16)17-2;2*1-2-7-3-6(5-12)4-8(11)9(7)10(13)14;6-5-3-1-2-4-7-5;2-1-3/h3-7,20H,2,8H2,1H3;5-6,15H,4,7H2,1-3H3,(H,14,17);4-5,13H,3,6H2,1-2H3,(H,14,15);2*3-4,12H,2,5,11H2,1H3,(H,13,14);1-4H;. The lowest BCUT2D eigenvalue weighted by Gasteiger charge is -2.14. The summed E-state index contributed by atoms with van der Waals surface area (Å²) >= 11 is 0. The molecule has 0 radical (unpaired) electrons. The number of carboxylic acid groups (broad SMARTS) is 3. The number of nitrogens with one attached hydrogen (secondary N) is 1. The normalized spacial score (nSPS) is 9.95. The van der Waals surface area contributed by atoms with Gasteiger partial charge in [0.15, 0.2) is 0 Å². The minimum Gasteiger partial charge on any atom is -0.478 e. The molecule has 0 atom stereocenters. The van der Waals surface area contributed by atoms with Crippen LogP contribution in [-0.4, -0.2) is 119 Å². The molecular weight excluding hydrogens is 1260 g/mol. The topological polar surface area (TPSA) is 459 Å². The highest BCUT2D eigenvalue weighted by Crippen LogP contribution is 2.28. The number of carbonyl (C=O) groups excluding carboxylic acids is 5. The number of aryl methyl sites for hydroxylation is 5. The number of carboxylic acids is 3. The molecule has 96 heavy (non-hydrogen) atoms. The summed E-state index contributed by atoms with van der Waals surface area (Å²) in [7, 11) is 3.70. The summed E-state index contributed by atoms with van der Waals surface area (Å²) in [4.78, 5) is 107. The van der Waals surface area contributed by atoms with Gasteiger partial charge in [-0.2, -0.15) is 18.4 Å². The molecule has 0 bridgehead atoms. The number of methoxy groups -OCH3 is 3. The maximum Gasteiger partial charge on any atom is 0.411 e. The molecule has 3 aromatic heterocycles. The Labute approximate surface area is 548 Å². The first-order valence-corrected chi connectivity index (χ1v) is 28.8. The molecule has 0 aliphatic rings. The Kier molecular flexibility index (Phi) is 34.9. The number of pyridine rings is 2. The van der Waals surface area contributed by atoms with E-state index in [1.54, 1.807) is 55.5 Å². The number of aliphatic hydroxyl groups excluding tert-OH is 5. The molecule has 3 heterocycles. The summed E-state index contributed by atoms with van der Waals surface area (Å²) in [5.41, 5.74) is 18.4. The van der Waals surface area contributed by atoms with Crippen molar-refractivity contribution in [3.63, 3.8) is 0 Å². The number of ether oxygens (including phenoxy) is 3. The van der Waals surface area contributed by atoms with Crippen LogP contribution in [-0.2, 0) is 88.9 Å². The van der Waals surface area contributed by atoms with E-state index in [0.29, 0.717) is 93.1 Å². The molecule has 0 fully saturated rings. The lowest BCUT2D eigenvalue weighted by atomic mass is 9.96. The number of amides is 1. The van der Waals surface area contributed by atoms with Crippen LogP contribution in [0.2, 0.25) is 0 Å². The fraction of sp³-hybridized carbons (Fsp3) is 0.269. The number of anilines is 3. The first-order valence-electron chi connectivity index (χ1n) is 28.8. The molecule has 0 saturated heterocycles. The van der Waals surface area contributed by atoms with Gasteiger partial charge in [0.05, 0.1) is 104 Å². The lowest BCUT2D eigenvalue weighted by molar-refractivity contribution is -0.191. The van der Waals surface area contributed by atoms with Crippen LogP contribution in [0.3, 0.4) is 0 Å². The number of carbonyl (C=O) groups is 6.